The standard InChI is InChI=1S/C11H15N3O3/c1-13(5-6-14-4-2-3-12-14)10(15)8-7-9(8)11(16)17/h2-4,8-9H,5-7H2,1H3,(H,16,17). The first kappa shape index (κ1) is 11.6. The molecule has 1 aliphatic rings. The van der Waals surface area contributed by atoms with Gasteiger partial charge in [-0.15, -0.1) is 0 Å². The predicted octanol–water partition coefficient (Wildman–Crippen LogP) is 0.0622. The van der Waals surface area contributed by atoms with Gasteiger partial charge in [-0.05, 0) is 12.5 Å². The highest BCUT2D eigenvalue weighted by Gasteiger charge is 2.49. The molecule has 17 heavy (non-hydrogen) atoms. The first-order valence-electron chi connectivity index (χ1n) is 5.55. The zero-order chi connectivity index (χ0) is 12.4. The van der Waals surface area contributed by atoms with E-state index in [0.717, 1.165) is 0 Å². The van der Waals surface area contributed by atoms with Gasteiger partial charge in [-0.2, -0.15) is 5.10 Å². The second-order valence-corrected chi connectivity index (χ2v) is 4.32. The average molecular weight is 237 g/mol. The van der Waals surface area contributed by atoms with Crippen LogP contribution in [-0.2, 0) is 16.1 Å². The number of aromatic nitrogens is 2. The number of hydrogen-bond acceptors (Lipinski definition) is 3. The molecule has 6 heteroatoms. The summed E-state index contributed by atoms with van der Waals surface area (Å²) in [6.45, 7) is 1.17. The third-order valence-corrected chi connectivity index (χ3v) is 3.02. The molecule has 0 aliphatic heterocycles. The zero-order valence-corrected chi connectivity index (χ0v) is 9.61. The van der Waals surface area contributed by atoms with Gasteiger partial charge in [0.05, 0.1) is 18.4 Å². The van der Waals surface area contributed by atoms with Crippen molar-refractivity contribution in [2.75, 3.05) is 13.6 Å². The Morgan fingerprint density at radius 1 is 1.53 bits per heavy atom. The summed E-state index contributed by atoms with van der Waals surface area (Å²) in [5.41, 5.74) is 0. The third kappa shape index (κ3) is 2.64. The van der Waals surface area contributed by atoms with Crippen LogP contribution in [0, 0.1) is 11.8 Å². The van der Waals surface area contributed by atoms with E-state index in [0.29, 0.717) is 19.5 Å². The van der Waals surface area contributed by atoms with Gasteiger partial charge in [0.25, 0.3) is 0 Å². The van der Waals surface area contributed by atoms with Crippen LogP contribution in [0.1, 0.15) is 6.42 Å². The number of carbonyl (C=O) groups excluding carboxylic acids is 1. The molecule has 1 aliphatic carbocycles. The summed E-state index contributed by atoms with van der Waals surface area (Å²) >= 11 is 0. The number of nitrogens with zero attached hydrogens (tertiary/aromatic N) is 3. The third-order valence-electron chi connectivity index (χ3n) is 3.02. The van der Waals surface area contributed by atoms with Gasteiger partial charge in [0.2, 0.25) is 5.91 Å². The van der Waals surface area contributed by atoms with Gasteiger partial charge in [-0.3, -0.25) is 14.3 Å². The van der Waals surface area contributed by atoms with Gasteiger partial charge in [-0.25, -0.2) is 0 Å². The molecule has 0 saturated heterocycles. The van der Waals surface area contributed by atoms with Crippen molar-refractivity contribution < 1.29 is 14.7 Å². The number of hydrogen-bond donors (Lipinski definition) is 1. The minimum atomic E-state index is -0.871. The van der Waals surface area contributed by atoms with Crippen molar-refractivity contribution in [2.24, 2.45) is 11.8 Å². The highest BCUT2D eigenvalue weighted by molar-refractivity contribution is 5.89. The number of aliphatic carboxylic acids is 1. The van der Waals surface area contributed by atoms with Crippen molar-refractivity contribution in [1.29, 1.82) is 0 Å². The van der Waals surface area contributed by atoms with Crippen LogP contribution in [0.4, 0.5) is 0 Å². The van der Waals surface area contributed by atoms with E-state index in [1.54, 1.807) is 22.8 Å². The minimum Gasteiger partial charge on any atom is -0.481 e. The first-order valence-corrected chi connectivity index (χ1v) is 5.55. The van der Waals surface area contributed by atoms with Crippen LogP contribution in [0.3, 0.4) is 0 Å². The molecule has 92 valence electrons. The Morgan fingerprint density at radius 3 is 2.82 bits per heavy atom. The first-order chi connectivity index (χ1) is 8.09. The van der Waals surface area contributed by atoms with Crippen molar-refractivity contribution in [3.63, 3.8) is 0 Å². The van der Waals surface area contributed by atoms with E-state index in [-0.39, 0.29) is 11.8 Å². The maximum Gasteiger partial charge on any atom is 0.307 e. The lowest BCUT2D eigenvalue weighted by atomic mass is 10.3. The lowest BCUT2D eigenvalue weighted by Crippen LogP contribution is -2.32. The molecule has 1 amide bonds. The summed E-state index contributed by atoms with van der Waals surface area (Å²) in [6, 6.07) is 1.82. The zero-order valence-electron chi connectivity index (χ0n) is 9.61. The summed E-state index contributed by atoms with van der Waals surface area (Å²) in [5.74, 6) is -1.75. The SMILES string of the molecule is CN(CCn1cccn1)C(=O)C1CC1C(=O)O. The van der Waals surface area contributed by atoms with E-state index in [1.165, 1.54) is 0 Å². The van der Waals surface area contributed by atoms with Crippen molar-refractivity contribution in [2.45, 2.75) is 13.0 Å². The summed E-state index contributed by atoms with van der Waals surface area (Å²) in [5, 5.41) is 12.8. The van der Waals surface area contributed by atoms with E-state index in [2.05, 4.69) is 5.10 Å². The van der Waals surface area contributed by atoms with E-state index >= 15 is 0 Å². The molecule has 0 spiro atoms. The molecule has 1 N–H and O–H groups in total. The Hall–Kier alpha value is -1.85. The van der Waals surface area contributed by atoms with Gasteiger partial charge >= 0.3 is 5.97 Å². The van der Waals surface area contributed by atoms with E-state index < -0.39 is 11.9 Å². The lowest BCUT2D eigenvalue weighted by molar-refractivity contribution is -0.141. The molecule has 0 radical (unpaired) electrons. The van der Waals surface area contributed by atoms with Crippen molar-refractivity contribution in [3.05, 3.63) is 18.5 Å². The molecule has 2 atom stereocenters. The van der Waals surface area contributed by atoms with Crippen LogP contribution in [0.15, 0.2) is 18.5 Å². The molecule has 6 nitrogen and oxygen atoms in total. The van der Waals surface area contributed by atoms with Crippen LogP contribution < -0.4 is 0 Å². The predicted molar refractivity (Wildman–Crippen MR) is 59.1 cm³/mol. The monoisotopic (exact) mass is 237 g/mol. The van der Waals surface area contributed by atoms with Gasteiger partial charge < -0.3 is 10.0 Å². The van der Waals surface area contributed by atoms with Gasteiger partial charge in [0, 0.05) is 26.0 Å². The maximum atomic E-state index is 11.8. The minimum absolute atomic E-state index is 0.0791. The molecule has 2 unspecified atom stereocenters. The number of rotatable bonds is 5. The smallest absolute Gasteiger partial charge is 0.307 e. The van der Waals surface area contributed by atoms with Crippen LogP contribution in [-0.4, -0.2) is 45.3 Å². The molecule has 0 aromatic carbocycles. The number of carboxylic acids is 1. The van der Waals surface area contributed by atoms with Crippen LogP contribution in [0.2, 0.25) is 0 Å². The van der Waals surface area contributed by atoms with E-state index in [1.807, 2.05) is 12.3 Å². The number of carboxylic acid groups (broad SMARTS) is 1. The topological polar surface area (TPSA) is 75.4 Å². The van der Waals surface area contributed by atoms with E-state index in [9.17, 15) is 9.59 Å². The highest BCUT2D eigenvalue weighted by atomic mass is 16.4. The largest absolute Gasteiger partial charge is 0.481 e. The van der Waals surface area contributed by atoms with Crippen molar-refractivity contribution >= 4 is 11.9 Å². The second-order valence-electron chi connectivity index (χ2n) is 4.32. The van der Waals surface area contributed by atoms with Crippen molar-refractivity contribution in [3.8, 4) is 0 Å². The fourth-order valence-electron chi connectivity index (χ4n) is 1.82. The van der Waals surface area contributed by atoms with Gasteiger partial charge in [0.1, 0.15) is 0 Å². The molecule has 1 aromatic heterocycles. The summed E-state index contributed by atoms with van der Waals surface area (Å²) < 4.78 is 1.74. The molecule has 2 rings (SSSR count). The fraction of sp³-hybridized carbons (Fsp3) is 0.545. The van der Waals surface area contributed by atoms with Gasteiger partial charge in [-0.1, -0.05) is 0 Å². The Kier molecular flexibility index (Phi) is 3.12. The molecule has 1 saturated carbocycles. The Balaban J connectivity index is 1.79. The number of carbonyl (C=O) groups is 2. The van der Waals surface area contributed by atoms with Gasteiger partial charge in [0.15, 0.2) is 0 Å². The molecular weight excluding hydrogens is 222 g/mol. The van der Waals surface area contributed by atoms with Crippen molar-refractivity contribution in [1.82, 2.24) is 14.7 Å². The van der Waals surface area contributed by atoms with Crippen LogP contribution in [0.25, 0.3) is 0 Å². The molecule has 0 bridgehead atoms. The molecule has 1 heterocycles. The normalized spacial score (nSPS) is 22.2. The fourth-order valence-corrected chi connectivity index (χ4v) is 1.82. The molecule has 1 aromatic rings. The average Bonchev–Trinajstić information content (AvgIpc) is 2.94. The second kappa shape index (κ2) is 4.57. The number of likely N-dealkylation sites (N-methyl/N-ethyl adjacent to an activating group) is 1. The Labute approximate surface area is 98.8 Å². The summed E-state index contributed by atoms with van der Waals surface area (Å²) in [7, 11) is 1.70. The summed E-state index contributed by atoms with van der Waals surface area (Å²) in [4.78, 5) is 24.1. The Bertz CT molecular complexity index is 416. The lowest BCUT2D eigenvalue weighted by Gasteiger charge is -2.16. The summed E-state index contributed by atoms with van der Waals surface area (Å²) in [6.07, 6.45) is 3.99. The quantitative estimate of drug-likeness (QED) is 0.785. The maximum absolute atomic E-state index is 11.8. The molecule has 1 fully saturated rings. The van der Waals surface area contributed by atoms with Crippen LogP contribution in [0.5, 0.6) is 0 Å². The highest BCUT2D eigenvalue weighted by Crippen LogP contribution is 2.39. The van der Waals surface area contributed by atoms with Crippen LogP contribution >= 0.6 is 0 Å². The Morgan fingerprint density at radius 2 is 2.29 bits per heavy atom. The molecular formula is C11H15N3O3. The van der Waals surface area contributed by atoms with E-state index in [4.69, 9.17) is 5.11 Å². The number of amides is 1.